The molecule has 1 aliphatic carbocycles. The van der Waals surface area contributed by atoms with Crippen LogP contribution in [0.3, 0.4) is 0 Å². The van der Waals surface area contributed by atoms with Crippen LogP contribution < -0.4 is 9.46 Å². The SMILES string of the molecule is CCS(=O)(=O)NC1CCC(Oc2cnccn2)CC1. The van der Waals surface area contributed by atoms with Gasteiger partial charge in [-0.1, -0.05) is 0 Å². The van der Waals surface area contributed by atoms with Gasteiger partial charge in [0.25, 0.3) is 0 Å². The average molecular weight is 285 g/mol. The number of hydrogen-bond donors (Lipinski definition) is 1. The van der Waals surface area contributed by atoms with Crippen molar-refractivity contribution in [1.82, 2.24) is 14.7 Å². The molecule has 0 aliphatic heterocycles. The van der Waals surface area contributed by atoms with Crippen molar-refractivity contribution >= 4 is 10.0 Å². The number of nitrogens with one attached hydrogen (secondary N) is 1. The molecule has 0 aromatic carbocycles. The van der Waals surface area contributed by atoms with Crippen LogP contribution >= 0.6 is 0 Å². The quantitative estimate of drug-likeness (QED) is 0.876. The van der Waals surface area contributed by atoms with E-state index in [1.807, 2.05) is 0 Å². The molecule has 1 aromatic heterocycles. The number of ether oxygens (including phenoxy) is 1. The van der Waals surface area contributed by atoms with Crippen molar-refractivity contribution in [2.75, 3.05) is 5.75 Å². The van der Waals surface area contributed by atoms with E-state index in [1.54, 1.807) is 25.5 Å². The van der Waals surface area contributed by atoms with Crippen molar-refractivity contribution in [3.05, 3.63) is 18.6 Å². The van der Waals surface area contributed by atoms with Crippen LogP contribution in [0.15, 0.2) is 18.6 Å². The minimum atomic E-state index is -3.11. The van der Waals surface area contributed by atoms with Gasteiger partial charge in [0, 0.05) is 18.4 Å². The van der Waals surface area contributed by atoms with E-state index in [1.165, 1.54) is 0 Å². The first-order valence-electron chi connectivity index (χ1n) is 6.51. The Morgan fingerprint density at radius 2 is 2.05 bits per heavy atom. The Balaban J connectivity index is 1.80. The minimum Gasteiger partial charge on any atom is -0.473 e. The maximum Gasteiger partial charge on any atom is 0.232 e. The molecule has 106 valence electrons. The summed E-state index contributed by atoms with van der Waals surface area (Å²) in [6.45, 7) is 1.64. The van der Waals surface area contributed by atoms with Crippen molar-refractivity contribution in [3.63, 3.8) is 0 Å². The van der Waals surface area contributed by atoms with Crippen molar-refractivity contribution < 1.29 is 13.2 Å². The molecule has 1 heterocycles. The Morgan fingerprint density at radius 3 is 2.63 bits per heavy atom. The molecule has 0 spiro atoms. The predicted molar refractivity (Wildman–Crippen MR) is 71.3 cm³/mol. The van der Waals surface area contributed by atoms with E-state index in [-0.39, 0.29) is 17.9 Å². The molecule has 0 saturated heterocycles. The highest BCUT2D eigenvalue weighted by atomic mass is 32.2. The van der Waals surface area contributed by atoms with Crippen LogP contribution in [0.25, 0.3) is 0 Å². The molecule has 7 heteroatoms. The van der Waals surface area contributed by atoms with Gasteiger partial charge in [-0.2, -0.15) is 0 Å². The van der Waals surface area contributed by atoms with Crippen LogP contribution in [0, 0.1) is 0 Å². The summed E-state index contributed by atoms with van der Waals surface area (Å²) in [5.41, 5.74) is 0. The number of rotatable bonds is 5. The van der Waals surface area contributed by atoms with Crippen LogP contribution in [-0.2, 0) is 10.0 Å². The zero-order valence-corrected chi connectivity index (χ0v) is 11.8. The topological polar surface area (TPSA) is 81.2 Å². The maximum atomic E-state index is 11.5. The summed E-state index contributed by atoms with van der Waals surface area (Å²) in [5.74, 6) is 0.656. The molecular weight excluding hydrogens is 266 g/mol. The third-order valence-electron chi connectivity index (χ3n) is 3.23. The van der Waals surface area contributed by atoms with E-state index in [4.69, 9.17) is 4.74 Å². The van der Waals surface area contributed by atoms with E-state index in [2.05, 4.69) is 14.7 Å². The van der Waals surface area contributed by atoms with Gasteiger partial charge in [-0.15, -0.1) is 0 Å². The highest BCUT2D eigenvalue weighted by Crippen LogP contribution is 2.22. The third-order valence-corrected chi connectivity index (χ3v) is 4.68. The summed E-state index contributed by atoms with van der Waals surface area (Å²) < 4.78 is 31.4. The molecule has 19 heavy (non-hydrogen) atoms. The Morgan fingerprint density at radius 1 is 1.32 bits per heavy atom. The van der Waals surface area contributed by atoms with Gasteiger partial charge in [0.2, 0.25) is 15.9 Å². The molecule has 1 saturated carbocycles. The molecular formula is C12H19N3O3S. The number of nitrogens with zero attached hydrogens (tertiary/aromatic N) is 2. The van der Waals surface area contributed by atoms with E-state index in [9.17, 15) is 8.42 Å². The van der Waals surface area contributed by atoms with Crippen molar-refractivity contribution in [2.45, 2.75) is 44.8 Å². The van der Waals surface area contributed by atoms with Gasteiger partial charge in [0.15, 0.2) is 0 Å². The summed E-state index contributed by atoms with van der Waals surface area (Å²) in [7, 11) is -3.11. The maximum absolute atomic E-state index is 11.5. The van der Waals surface area contributed by atoms with Crippen LogP contribution in [-0.4, -0.2) is 36.3 Å². The standard InChI is InChI=1S/C12H19N3O3S/c1-2-19(16,17)15-10-3-5-11(6-4-10)18-12-9-13-7-8-14-12/h7-11,15H,2-6H2,1H3. The first-order chi connectivity index (χ1) is 9.09. The largest absolute Gasteiger partial charge is 0.473 e. The lowest BCUT2D eigenvalue weighted by atomic mass is 9.94. The van der Waals surface area contributed by atoms with E-state index >= 15 is 0 Å². The van der Waals surface area contributed by atoms with Crippen LogP contribution in [0.5, 0.6) is 5.88 Å². The van der Waals surface area contributed by atoms with Crippen LogP contribution in [0.4, 0.5) is 0 Å². The van der Waals surface area contributed by atoms with Crippen LogP contribution in [0.1, 0.15) is 32.6 Å². The second kappa shape index (κ2) is 6.29. The Hall–Kier alpha value is -1.21. The predicted octanol–water partition coefficient (Wildman–Crippen LogP) is 1.11. The van der Waals surface area contributed by atoms with Gasteiger partial charge in [-0.25, -0.2) is 18.1 Å². The monoisotopic (exact) mass is 285 g/mol. The van der Waals surface area contributed by atoms with Gasteiger partial charge < -0.3 is 4.74 Å². The smallest absolute Gasteiger partial charge is 0.232 e. The molecule has 0 amide bonds. The summed E-state index contributed by atoms with van der Waals surface area (Å²) in [6, 6.07) is 0.0339. The Bertz CT molecular complexity index is 484. The molecule has 1 aliphatic rings. The molecule has 6 nitrogen and oxygen atoms in total. The summed E-state index contributed by atoms with van der Waals surface area (Å²) >= 11 is 0. The second-order valence-electron chi connectivity index (χ2n) is 4.66. The fraction of sp³-hybridized carbons (Fsp3) is 0.667. The molecule has 2 rings (SSSR count). The molecule has 0 unspecified atom stereocenters. The van der Waals surface area contributed by atoms with E-state index < -0.39 is 10.0 Å². The van der Waals surface area contributed by atoms with Gasteiger partial charge in [-0.3, -0.25) is 4.98 Å². The molecule has 0 radical (unpaired) electrons. The Labute approximate surface area is 113 Å². The zero-order valence-electron chi connectivity index (χ0n) is 10.9. The fourth-order valence-electron chi connectivity index (χ4n) is 2.15. The molecule has 0 atom stereocenters. The van der Waals surface area contributed by atoms with Gasteiger partial charge >= 0.3 is 0 Å². The molecule has 1 N–H and O–H groups in total. The van der Waals surface area contributed by atoms with Gasteiger partial charge in [-0.05, 0) is 32.6 Å². The minimum absolute atomic E-state index is 0.0339. The van der Waals surface area contributed by atoms with Crippen molar-refractivity contribution in [3.8, 4) is 5.88 Å². The fourth-order valence-corrected chi connectivity index (χ4v) is 3.06. The van der Waals surface area contributed by atoms with Gasteiger partial charge in [0.05, 0.1) is 11.9 Å². The number of sulfonamides is 1. The third kappa shape index (κ3) is 4.43. The van der Waals surface area contributed by atoms with Crippen molar-refractivity contribution in [2.24, 2.45) is 0 Å². The van der Waals surface area contributed by atoms with E-state index in [0.29, 0.717) is 5.88 Å². The average Bonchev–Trinajstić information content (AvgIpc) is 2.42. The normalized spacial score (nSPS) is 24.1. The Kier molecular flexibility index (Phi) is 4.71. The molecule has 1 aromatic rings. The van der Waals surface area contributed by atoms with Crippen LogP contribution in [0.2, 0.25) is 0 Å². The number of aromatic nitrogens is 2. The van der Waals surface area contributed by atoms with Gasteiger partial charge in [0.1, 0.15) is 6.10 Å². The molecule has 1 fully saturated rings. The first kappa shape index (κ1) is 14.2. The second-order valence-corrected chi connectivity index (χ2v) is 6.70. The summed E-state index contributed by atoms with van der Waals surface area (Å²) in [4.78, 5) is 8.01. The summed E-state index contributed by atoms with van der Waals surface area (Å²) in [6.07, 6.45) is 8.12. The lowest BCUT2D eigenvalue weighted by Gasteiger charge is -2.28. The summed E-state index contributed by atoms with van der Waals surface area (Å²) in [5, 5.41) is 0. The molecule has 0 bridgehead atoms. The lowest BCUT2D eigenvalue weighted by molar-refractivity contribution is 0.138. The highest BCUT2D eigenvalue weighted by molar-refractivity contribution is 7.89. The lowest BCUT2D eigenvalue weighted by Crippen LogP contribution is -2.40. The van der Waals surface area contributed by atoms with Crippen molar-refractivity contribution in [1.29, 1.82) is 0 Å². The highest BCUT2D eigenvalue weighted by Gasteiger charge is 2.25. The number of hydrogen-bond acceptors (Lipinski definition) is 5. The zero-order chi connectivity index (χ0) is 13.7. The van der Waals surface area contributed by atoms with E-state index in [0.717, 1.165) is 25.7 Å². The first-order valence-corrected chi connectivity index (χ1v) is 8.17.